The van der Waals surface area contributed by atoms with Crippen LogP contribution >= 0.6 is 0 Å². The normalized spacial score (nSPS) is 12.7. The lowest BCUT2D eigenvalue weighted by Crippen LogP contribution is -2.06. The smallest absolute Gasteiger partial charge is 0.153 e. The van der Waals surface area contributed by atoms with Crippen LogP contribution in [0, 0.1) is 0 Å². The largest absolute Gasteiger partial charge is 0.324 e. The molecule has 2 heterocycles. The Labute approximate surface area is 82.4 Å². The van der Waals surface area contributed by atoms with E-state index in [1.807, 2.05) is 31.3 Å². The molecule has 4 heteroatoms. The Balaban J connectivity index is 2.31. The second-order valence-corrected chi connectivity index (χ2v) is 3.19. The van der Waals surface area contributed by atoms with Gasteiger partial charge in [-0.15, -0.1) is 0 Å². The zero-order valence-electron chi connectivity index (χ0n) is 7.96. The van der Waals surface area contributed by atoms with E-state index in [9.17, 15) is 0 Å². The molecule has 0 aromatic carbocycles. The number of nitrogens with zero attached hydrogens (tertiary/aromatic N) is 3. The zero-order chi connectivity index (χ0) is 9.97. The minimum absolute atomic E-state index is 0.0224. The van der Waals surface area contributed by atoms with Crippen molar-refractivity contribution in [2.24, 2.45) is 5.73 Å². The topological polar surface area (TPSA) is 56.7 Å². The van der Waals surface area contributed by atoms with E-state index in [1.54, 1.807) is 17.1 Å². The van der Waals surface area contributed by atoms with Crippen molar-refractivity contribution in [3.63, 3.8) is 0 Å². The predicted molar refractivity (Wildman–Crippen MR) is 54.0 cm³/mol. The van der Waals surface area contributed by atoms with Crippen molar-refractivity contribution in [3.05, 3.63) is 42.4 Å². The first-order chi connectivity index (χ1) is 6.77. The molecule has 0 aliphatic carbocycles. The summed E-state index contributed by atoms with van der Waals surface area (Å²) in [7, 11) is 0. The lowest BCUT2D eigenvalue weighted by Gasteiger charge is -2.05. The molecular formula is C10H12N4. The summed E-state index contributed by atoms with van der Waals surface area (Å²) in [6, 6.07) is 5.76. The lowest BCUT2D eigenvalue weighted by atomic mass is 10.2. The molecule has 72 valence electrons. The molecule has 2 aromatic rings. The molecule has 0 bridgehead atoms. The average molecular weight is 188 g/mol. The summed E-state index contributed by atoms with van der Waals surface area (Å²) >= 11 is 0. The Morgan fingerprint density at radius 3 is 2.79 bits per heavy atom. The van der Waals surface area contributed by atoms with Crippen LogP contribution in [0.2, 0.25) is 0 Å². The Morgan fingerprint density at radius 1 is 1.43 bits per heavy atom. The summed E-state index contributed by atoms with van der Waals surface area (Å²) in [5.74, 6) is 0.805. The highest BCUT2D eigenvalue weighted by Crippen LogP contribution is 2.09. The van der Waals surface area contributed by atoms with Crippen LogP contribution < -0.4 is 5.73 Å². The Hall–Kier alpha value is -1.68. The molecule has 0 saturated heterocycles. The summed E-state index contributed by atoms with van der Waals surface area (Å²) in [6.45, 7) is 1.94. The van der Waals surface area contributed by atoms with Gasteiger partial charge in [0.25, 0.3) is 0 Å². The standard InChI is InChI=1S/C10H12N4/c1-8(11)9-3-4-10(12-7-9)14-6-2-5-13-14/h2-8H,11H2,1H3. The van der Waals surface area contributed by atoms with Crippen LogP contribution in [0.4, 0.5) is 0 Å². The van der Waals surface area contributed by atoms with E-state index in [2.05, 4.69) is 10.1 Å². The van der Waals surface area contributed by atoms with Gasteiger partial charge < -0.3 is 5.73 Å². The van der Waals surface area contributed by atoms with Gasteiger partial charge in [-0.1, -0.05) is 6.07 Å². The van der Waals surface area contributed by atoms with Crippen LogP contribution in [0.3, 0.4) is 0 Å². The first-order valence-corrected chi connectivity index (χ1v) is 4.49. The van der Waals surface area contributed by atoms with Gasteiger partial charge in [0.1, 0.15) is 0 Å². The predicted octanol–water partition coefficient (Wildman–Crippen LogP) is 1.29. The molecule has 0 saturated carbocycles. The summed E-state index contributed by atoms with van der Waals surface area (Å²) in [4.78, 5) is 4.26. The summed E-state index contributed by atoms with van der Waals surface area (Å²) in [5.41, 5.74) is 6.75. The van der Waals surface area contributed by atoms with E-state index in [0.717, 1.165) is 11.4 Å². The molecule has 2 N–H and O–H groups in total. The van der Waals surface area contributed by atoms with Crippen LogP contribution in [0.25, 0.3) is 5.82 Å². The number of pyridine rings is 1. The molecule has 1 atom stereocenters. The van der Waals surface area contributed by atoms with Gasteiger partial charge in [0, 0.05) is 24.6 Å². The van der Waals surface area contributed by atoms with Crippen molar-refractivity contribution >= 4 is 0 Å². The fraction of sp³-hybridized carbons (Fsp3) is 0.200. The maximum absolute atomic E-state index is 5.72. The first-order valence-electron chi connectivity index (χ1n) is 4.49. The van der Waals surface area contributed by atoms with E-state index >= 15 is 0 Å². The fourth-order valence-electron chi connectivity index (χ4n) is 1.21. The van der Waals surface area contributed by atoms with Gasteiger partial charge in [0.15, 0.2) is 5.82 Å². The van der Waals surface area contributed by atoms with Crippen molar-refractivity contribution < 1.29 is 0 Å². The van der Waals surface area contributed by atoms with Crippen LogP contribution in [0.5, 0.6) is 0 Å². The molecule has 2 aromatic heterocycles. The van der Waals surface area contributed by atoms with E-state index < -0.39 is 0 Å². The molecule has 14 heavy (non-hydrogen) atoms. The third-order valence-corrected chi connectivity index (χ3v) is 2.04. The number of nitrogens with two attached hydrogens (primary N) is 1. The van der Waals surface area contributed by atoms with Crippen molar-refractivity contribution in [1.82, 2.24) is 14.8 Å². The maximum Gasteiger partial charge on any atom is 0.153 e. The molecule has 2 rings (SSSR count). The third-order valence-electron chi connectivity index (χ3n) is 2.04. The van der Waals surface area contributed by atoms with Crippen LogP contribution in [0.1, 0.15) is 18.5 Å². The van der Waals surface area contributed by atoms with Crippen molar-refractivity contribution in [1.29, 1.82) is 0 Å². The van der Waals surface area contributed by atoms with Crippen LogP contribution in [0.15, 0.2) is 36.8 Å². The highest BCUT2D eigenvalue weighted by molar-refractivity contribution is 5.25. The minimum atomic E-state index is 0.0224. The zero-order valence-corrected chi connectivity index (χ0v) is 7.96. The molecule has 0 aliphatic heterocycles. The first kappa shape index (κ1) is 8.90. The molecule has 4 nitrogen and oxygen atoms in total. The van der Waals surface area contributed by atoms with Gasteiger partial charge in [-0.25, -0.2) is 9.67 Å². The molecule has 0 radical (unpaired) electrons. The molecular weight excluding hydrogens is 176 g/mol. The minimum Gasteiger partial charge on any atom is -0.324 e. The van der Waals surface area contributed by atoms with Gasteiger partial charge in [-0.05, 0) is 24.6 Å². The number of aromatic nitrogens is 3. The van der Waals surface area contributed by atoms with Crippen molar-refractivity contribution in [3.8, 4) is 5.82 Å². The number of hydrogen-bond donors (Lipinski definition) is 1. The SMILES string of the molecule is CC(N)c1ccc(-n2cccn2)nc1. The van der Waals surface area contributed by atoms with Crippen molar-refractivity contribution in [2.45, 2.75) is 13.0 Å². The number of hydrogen-bond acceptors (Lipinski definition) is 3. The second-order valence-electron chi connectivity index (χ2n) is 3.19. The number of rotatable bonds is 2. The highest BCUT2D eigenvalue weighted by atomic mass is 15.3. The summed E-state index contributed by atoms with van der Waals surface area (Å²) in [5, 5.41) is 4.08. The monoisotopic (exact) mass is 188 g/mol. The quantitative estimate of drug-likeness (QED) is 0.772. The summed E-state index contributed by atoms with van der Waals surface area (Å²) in [6.07, 6.45) is 5.36. The van der Waals surface area contributed by atoms with Gasteiger partial charge in [-0.2, -0.15) is 5.10 Å². The maximum atomic E-state index is 5.72. The Kier molecular flexibility index (Phi) is 2.28. The highest BCUT2D eigenvalue weighted by Gasteiger charge is 2.01. The molecule has 0 spiro atoms. The van der Waals surface area contributed by atoms with E-state index in [4.69, 9.17) is 5.73 Å². The van der Waals surface area contributed by atoms with E-state index in [-0.39, 0.29) is 6.04 Å². The Bertz CT molecular complexity index is 389. The van der Waals surface area contributed by atoms with Crippen LogP contribution in [-0.4, -0.2) is 14.8 Å². The lowest BCUT2D eigenvalue weighted by molar-refractivity contribution is 0.797. The van der Waals surface area contributed by atoms with E-state index in [1.165, 1.54) is 0 Å². The molecule has 0 aliphatic rings. The molecule has 1 unspecified atom stereocenters. The molecule has 0 amide bonds. The average Bonchev–Trinajstić information content (AvgIpc) is 2.71. The van der Waals surface area contributed by atoms with Gasteiger partial charge in [0.05, 0.1) is 0 Å². The van der Waals surface area contributed by atoms with Gasteiger partial charge in [-0.3, -0.25) is 0 Å². The van der Waals surface area contributed by atoms with Crippen molar-refractivity contribution in [2.75, 3.05) is 0 Å². The molecule has 0 fully saturated rings. The van der Waals surface area contributed by atoms with Gasteiger partial charge >= 0.3 is 0 Å². The van der Waals surface area contributed by atoms with Crippen LogP contribution in [-0.2, 0) is 0 Å². The third kappa shape index (κ3) is 1.65. The fourth-order valence-corrected chi connectivity index (χ4v) is 1.21. The van der Waals surface area contributed by atoms with E-state index in [0.29, 0.717) is 0 Å². The summed E-state index contributed by atoms with van der Waals surface area (Å²) < 4.78 is 1.71. The second kappa shape index (κ2) is 3.59. The van der Waals surface area contributed by atoms with Gasteiger partial charge in [0.2, 0.25) is 0 Å². The Morgan fingerprint density at radius 2 is 2.29 bits per heavy atom.